The van der Waals surface area contributed by atoms with E-state index in [1.165, 1.54) is 12.8 Å². The summed E-state index contributed by atoms with van der Waals surface area (Å²) in [7, 11) is 0. The van der Waals surface area contributed by atoms with E-state index in [4.69, 9.17) is 5.11 Å². The average Bonchev–Trinajstić information content (AvgIpc) is 3.05. The maximum atomic E-state index is 12.5. The van der Waals surface area contributed by atoms with Crippen LogP contribution in [0.2, 0.25) is 0 Å². The lowest BCUT2D eigenvalue weighted by atomic mass is 10.1. The Kier molecular flexibility index (Phi) is 4.06. The van der Waals surface area contributed by atoms with Gasteiger partial charge in [0.2, 0.25) is 0 Å². The number of carboxylic acid groups (broad SMARTS) is 1. The van der Waals surface area contributed by atoms with E-state index in [0.717, 1.165) is 26.1 Å². The number of piperazine rings is 1. The van der Waals surface area contributed by atoms with E-state index in [2.05, 4.69) is 17.1 Å². The third kappa shape index (κ3) is 3.00. The first-order chi connectivity index (χ1) is 10.0. The summed E-state index contributed by atoms with van der Waals surface area (Å²) < 4.78 is 0. The maximum absolute atomic E-state index is 12.5. The van der Waals surface area contributed by atoms with Crippen LogP contribution in [0.4, 0.5) is 4.79 Å². The minimum absolute atomic E-state index is 0.00918. The number of amides is 2. The SMILES string of the molecule is CC1CN2CCCC2CN1C(=O)N[C@H]1CC[C@@H](C(=O)O)C1. The Balaban J connectivity index is 1.54. The second-order valence-corrected chi connectivity index (χ2v) is 6.79. The minimum atomic E-state index is -0.736. The highest BCUT2D eigenvalue weighted by Crippen LogP contribution is 2.27. The smallest absolute Gasteiger partial charge is 0.317 e. The number of aliphatic carboxylic acids is 1. The van der Waals surface area contributed by atoms with Crippen LogP contribution < -0.4 is 5.32 Å². The number of nitrogens with one attached hydrogen (secondary N) is 1. The number of urea groups is 1. The zero-order valence-corrected chi connectivity index (χ0v) is 12.6. The Labute approximate surface area is 125 Å². The van der Waals surface area contributed by atoms with Gasteiger partial charge >= 0.3 is 12.0 Å². The highest BCUT2D eigenvalue weighted by Gasteiger charge is 2.38. The topological polar surface area (TPSA) is 72.9 Å². The van der Waals surface area contributed by atoms with E-state index in [1.807, 2.05) is 4.90 Å². The Morgan fingerprint density at radius 2 is 2.00 bits per heavy atom. The van der Waals surface area contributed by atoms with Crippen LogP contribution in [0, 0.1) is 5.92 Å². The van der Waals surface area contributed by atoms with Crippen molar-refractivity contribution in [1.29, 1.82) is 0 Å². The summed E-state index contributed by atoms with van der Waals surface area (Å²) in [4.78, 5) is 27.9. The van der Waals surface area contributed by atoms with Gasteiger partial charge in [-0.1, -0.05) is 0 Å². The largest absolute Gasteiger partial charge is 0.481 e. The molecule has 1 saturated carbocycles. The van der Waals surface area contributed by atoms with Crippen LogP contribution in [0.5, 0.6) is 0 Å². The number of fused-ring (bicyclic) bond motifs is 1. The molecule has 0 aromatic carbocycles. The van der Waals surface area contributed by atoms with E-state index in [1.54, 1.807) is 0 Å². The van der Waals surface area contributed by atoms with Gasteiger partial charge in [-0.05, 0) is 45.6 Å². The molecule has 118 valence electrons. The molecule has 2 unspecified atom stereocenters. The van der Waals surface area contributed by atoms with Gasteiger partial charge in [-0.3, -0.25) is 9.69 Å². The molecule has 4 atom stereocenters. The summed E-state index contributed by atoms with van der Waals surface area (Å²) in [5.74, 6) is -1.03. The molecule has 0 bridgehead atoms. The molecule has 0 radical (unpaired) electrons. The minimum Gasteiger partial charge on any atom is -0.481 e. The number of carbonyl (C=O) groups excluding carboxylic acids is 1. The van der Waals surface area contributed by atoms with Crippen molar-refractivity contribution in [2.24, 2.45) is 5.92 Å². The van der Waals surface area contributed by atoms with Gasteiger partial charge in [0.05, 0.1) is 5.92 Å². The molecular weight excluding hydrogens is 270 g/mol. The summed E-state index contributed by atoms with van der Waals surface area (Å²) >= 11 is 0. The van der Waals surface area contributed by atoms with Crippen LogP contribution in [-0.4, -0.2) is 64.7 Å². The molecule has 6 heteroatoms. The van der Waals surface area contributed by atoms with Crippen LogP contribution in [0.1, 0.15) is 39.0 Å². The van der Waals surface area contributed by atoms with Crippen molar-refractivity contribution in [2.45, 2.75) is 57.2 Å². The van der Waals surface area contributed by atoms with Gasteiger partial charge in [-0.2, -0.15) is 0 Å². The Morgan fingerprint density at radius 1 is 1.19 bits per heavy atom. The fourth-order valence-electron chi connectivity index (χ4n) is 4.06. The zero-order valence-electron chi connectivity index (χ0n) is 12.6. The summed E-state index contributed by atoms with van der Waals surface area (Å²) in [6.07, 6.45) is 4.43. The molecule has 3 rings (SSSR count). The third-order valence-corrected chi connectivity index (χ3v) is 5.31. The van der Waals surface area contributed by atoms with Crippen molar-refractivity contribution < 1.29 is 14.7 Å². The lowest BCUT2D eigenvalue weighted by Crippen LogP contribution is -2.59. The molecule has 6 nitrogen and oxygen atoms in total. The first-order valence-electron chi connectivity index (χ1n) is 8.08. The number of rotatable bonds is 2. The van der Waals surface area contributed by atoms with Crippen LogP contribution in [-0.2, 0) is 4.79 Å². The molecule has 3 fully saturated rings. The van der Waals surface area contributed by atoms with E-state index in [9.17, 15) is 9.59 Å². The number of nitrogens with zero attached hydrogens (tertiary/aromatic N) is 2. The lowest BCUT2D eigenvalue weighted by Gasteiger charge is -2.42. The highest BCUT2D eigenvalue weighted by molar-refractivity contribution is 5.76. The monoisotopic (exact) mass is 295 g/mol. The molecule has 0 aromatic heterocycles. The number of carboxylic acids is 1. The van der Waals surface area contributed by atoms with E-state index in [-0.39, 0.29) is 24.0 Å². The quantitative estimate of drug-likeness (QED) is 0.800. The molecule has 2 heterocycles. The number of hydrogen-bond acceptors (Lipinski definition) is 3. The molecule has 1 aliphatic carbocycles. The van der Waals surface area contributed by atoms with Crippen LogP contribution in [0.25, 0.3) is 0 Å². The lowest BCUT2D eigenvalue weighted by molar-refractivity contribution is -0.141. The second kappa shape index (κ2) is 5.83. The fraction of sp³-hybridized carbons (Fsp3) is 0.867. The molecular formula is C15H25N3O3. The van der Waals surface area contributed by atoms with E-state index < -0.39 is 5.97 Å². The Bertz CT molecular complexity index is 428. The predicted octanol–water partition coefficient (Wildman–Crippen LogP) is 1.12. The molecule has 0 spiro atoms. The summed E-state index contributed by atoms with van der Waals surface area (Å²) in [6, 6.07) is 0.760. The standard InChI is InChI=1S/C15H25N3O3/c1-10-8-17-6-2-3-13(17)9-18(10)15(21)16-12-5-4-11(7-12)14(19)20/h10-13H,2-9H2,1H3,(H,16,21)(H,19,20)/t10?,11-,12+,13?/m1/s1. The summed E-state index contributed by atoms with van der Waals surface area (Å²) in [5.41, 5.74) is 0. The third-order valence-electron chi connectivity index (χ3n) is 5.31. The fourth-order valence-corrected chi connectivity index (χ4v) is 4.06. The van der Waals surface area contributed by atoms with Gasteiger partial charge in [0.15, 0.2) is 0 Å². The first-order valence-corrected chi connectivity index (χ1v) is 8.08. The van der Waals surface area contributed by atoms with Gasteiger partial charge in [0.1, 0.15) is 0 Å². The van der Waals surface area contributed by atoms with Crippen molar-refractivity contribution in [1.82, 2.24) is 15.1 Å². The molecule has 2 aliphatic heterocycles. The summed E-state index contributed by atoms with van der Waals surface area (Å²) in [5, 5.41) is 12.1. The van der Waals surface area contributed by atoms with Crippen molar-refractivity contribution in [2.75, 3.05) is 19.6 Å². The Morgan fingerprint density at radius 3 is 2.71 bits per heavy atom. The predicted molar refractivity (Wildman–Crippen MR) is 78.1 cm³/mol. The molecule has 21 heavy (non-hydrogen) atoms. The number of carbonyl (C=O) groups is 2. The van der Waals surface area contributed by atoms with Gasteiger partial charge in [-0.15, -0.1) is 0 Å². The van der Waals surface area contributed by atoms with Gasteiger partial charge < -0.3 is 15.3 Å². The van der Waals surface area contributed by atoms with Gasteiger partial charge in [0, 0.05) is 31.2 Å². The zero-order chi connectivity index (χ0) is 15.0. The molecule has 2 saturated heterocycles. The molecule has 3 aliphatic rings. The van der Waals surface area contributed by atoms with E-state index >= 15 is 0 Å². The normalized spacial score (nSPS) is 36.5. The van der Waals surface area contributed by atoms with Crippen molar-refractivity contribution >= 4 is 12.0 Å². The Hall–Kier alpha value is -1.30. The molecule has 0 aromatic rings. The van der Waals surface area contributed by atoms with Gasteiger partial charge in [-0.25, -0.2) is 4.79 Å². The second-order valence-electron chi connectivity index (χ2n) is 6.79. The van der Waals surface area contributed by atoms with Gasteiger partial charge in [0.25, 0.3) is 0 Å². The van der Waals surface area contributed by atoms with Crippen LogP contribution in [0.3, 0.4) is 0 Å². The summed E-state index contributed by atoms with van der Waals surface area (Å²) in [6.45, 7) is 5.03. The van der Waals surface area contributed by atoms with E-state index in [0.29, 0.717) is 18.9 Å². The maximum Gasteiger partial charge on any atom is 0.317 e. The first kappa shape index (κ1) is 14.6. The van der Waals surface area contributed by atoms with Crippen LogP contribution >= 0.6 is 0 Å². The van der Waals surface area contributed by atoms with Crippen molar-refractivity contribution in [3.05, 3.63) is 0 Å². The van der Waals surface area contributed by atoms with Crippen molar-refractivity contribution in [3.63, 3.8) is 0 Å². The molecule has 2 amide bonds. The van der Waals surface area contributed by atoms with Crippen molar-refractivity contribution in [3.8, 4) is 0 Å². The molecule has 2 N–H and O–H groups in total. The number of hydrogen-bond donors (Lipinski definition) is 2. The average molecular weight is 295 g/mol. The highest BCUT2D eigenvalue weighted by atomic mass is 16.4. The van der Waals surface area contributed by atoms with Crippen LogP contribution in [0.15, 0.2) is 0 Å².